The molecule has 1 aliphatic rings. The van der Waals surface area contributed by atoms with Gasteiger partial charge in [-0.1, -0.05) is 6.07 Å². The summed E-state index contributed by atoms with van der Waals surface area (Å²) in [5.74, 6) is -0.300. The van der Waals surface area contributed by atoms with Gasteiger partial charge in [0.1, 0.15) is 0 Å². The average molecular weight is 411 g/mol. The van der Waals surface area contributed by atoms with E-state index < -0.39 is 0 Å². The van der Waals surface area contributed by atoms with Gasteiger partial charge >= 0.3 is 5.97 Å². The number of rotatable bonds is 6. The molecular formula is C22H26N4O2S. The molecule has 0 aliphatic carbocycles. The van der Waals surface area contributed by atoms with Gasteiger partial charge < -0.3 is 13.9 Å². The molecule has 3 heterocycles. The van der Waals surface area contributed by atoms with Gasteiger partial charge in [0.25, 0.3) is 0 Å². The highest BCUT2D eigenvalue weighted by Crippen LogP contribution is 2.33. The van der Waals surface area contributed by atoms with Gasteiger partial charge in [-0.15, -0.1) is 0 Å². The number of esters is 1. The molecule has 0 amide bonds. The summed E-state index contributed by atoms with van der Waals surface area (Å²) in [5, 5.41) is 0. The maximum atomic E-state index is 12.3. The zero-order valence-corrected chi connectivity index (χ0v) is 17.7. The number of hydrogen-bond acceptors (Lipinski definition) is 5. The van der Waals surface area contributed by atoms with Crippen LogP contribution in [0.4, 0.5) is 0 Å². The Hall–Kier alpha value is -2.51. The first-order valence-electron chi connectivity index (χ1n) is 10.2. The van der Waals surface area contributed by atoms with E-state index in [2.05, 4.69) is 32.0 Å². The van der Waals surface area contributed by atoms with Gasteiger partial charge in [-0.2, -0.15) is 0 Å². The molecule has 0 spiro atoms. The van der Waals surface area contributed by atoms with E-state index >= 15 is 0 Å². The fourth-order valence-electron chi connectivity index (χ4n) is 4.23. The summed E-state index contributed by atoms with van der Waals surface area (Å²) in [6.45, 7) is 6.75. The van der Waals surface area contributed by atoms with E-state index in [0.29, 0.717) is 24.9 Å². The largest absolute Gasteiger partial charge is 0.462 e. The highest BCUT2D eigenvalue weighted by molar-refractivity contribution is 7.71. The van der Waals surface area contributed by atoms with Crippen molar-refractivity contribution in [3.63, 3.8) is 0 Å². The van der Waals surface area contributed by atoms with E-state index in [0.717, 1.165) is 41.7 Å². The highest BCUT2D eigenvalue weighted by atomic mass is 32.1. The van der Waals surface area contributed by atoms with Gasteiger partial charge in [0.2, 0.25) is 0 Å². The number of carbonyl (C=O) groups is 1. The quantitative estimate of drug-likeness (QED) is 0.440. The van der Waals surface area contributed by atoms with Crippen molar-refractivity contribution < 1.29 is 9.53 Å². The molecule has 1 saturated heterocycles. The molecule has 1 unspecified atom stereocenters. The number of benzene rings is 1. The molecule has 3 aromatic rings. The number of fused-ring (bicyclic) bond motifs is 1. The first kappa shape index (κ1) is 19.8. The SMILES string of the molecule is CCOC(=O)c1ccc2c(c1)n(CN1CCCC1c1cccnc1)c(=S)n2CC. The van der Waals surface area contributed by atoms with Crippen LogP contribution in [0.3, 0.4) is 0 Å². The Morgan fingerprint density at radius 2 is 2.10 bits per heavy atom. The number of nitrogens with zero attached hydrogens (tertiary/aromatic N) is 4. The molecule has 6 nitrogen and oxygen atoms in total. The summed E-state index contributed by atoms with van der Waals surface area (Å²) < 4.78 is 10.2. The van der Waals surface area contributed by atoms with Crippen molar-refractivity contribution in [1.82, 2.24) is 19.0 Å². The number of carbonyl (C=O) groups excluding carboxylic acids is 1. The van der Waals surface area contributed by atoms with Gasteiger partial charge in [0.15, 0.2) is 4.77 Å². The van der Waals surface area contributed by atoms with Crippen LogP contribution in [0, 0.1) is 4.77 Å². The van der Waals surface area contributed by atoms with Crippen molar-refractivity contribution >= 4 is 29.2 Å². The van der Waals surface area contributed by atoms with Crippen molar-refractivity contribution in [2.75, 3.05) is 13.2 Å². The number of ether oxygens (including phenoxy) is 1. The van der Waals surface area contributed by atoms with Crippen molar-refractivity contribution in [2.45, 2.75) is 45.9 Å². The highest BCUT2D eigenvalue weighted by Gasteiger charge is 2.27. The minimum atomic E-state index is -0.300. The summed E-state index contributed by atoms with van der Waals surface area (Å²) in [7, 11) is 0. The minimum absolute atomic E-state index is 0.300. The van der Waals surface area contributed by atoms with Crippen LogP contribution >= 0.6 is 12.2 Å². The lowest BCUT2D eigenvalue weighted by atomic mass is 10.1. The summed E-state index contributed by atoms with van der Waals surface area (Å²) in [6, 6.07) is 10.2. The summed E-state index contributed by atoms with van der Waals surface area (Å²) in [4.78, 5) is 19.0. The van der Waals surface area contributed by atoms with Crippen LogP contribution in [0.15, 0.2) is 42.7 Å². The molecule has 1 aromatic carbocycles. The van der Waals surface area contributed by atoms with Crippen molar-refractivity contribution in [2.24, 2.45) is 0 Å². The van der Waals surface area contributed by atoms with E-state index in [1.54, 1.807) is 0 Å². The predicted molar refractivity (Wildman–Crippen MR) is 115 cm³/mol. The van der Waals surface area contributed by atoms with Crippen molar-refractivity contribution in [1.29, 1.82) is 0 Å². The first-order chi connectivity index (χ1) is 14.1. The lowest BCUT2D eigenvalue weighted by molar-refractivity contribution is 0.0526. The molecule has 4 rings (SSSR count). The molecule has 29 heavy (non-hydrogen) atoms. The number of likely N-dealkylation sites (tertiary alicyclic amines) is 1. The summed E-state index contributed by atoms with van der Waals surface area (Å²) >= 11 is 5.81. The smallest absolute Gasteiger partial charge is 0.338 e. The predicted octanol–water partition coefficient (Wildman–Crippen LogP) is 4.56. The standard InChI is InChI=1S/C22H26N4O2S/c1-3-25-19-10-9-16(21(27)28-4-2)13-20(19)26(22(25)29)15-24-12-6-8-18(24)17-7-5-11-23-14-17/h5,7,9-11,13-14,18H,3-4,6,8,12,15H2,1-2H3. The second-order valence-electron chi connectivity index (χ2n) is 7.28. The third-order valence-electron chi connectivity index (χ3n) is 5.60. The molecule has 152 valence electrons. The number of pyridine rings is 1. The lowest BCUT2D eigenvalue weighted by Crippen LogP contribution is -2.26. The Morgan fingerprint density at radius 3 is 2.83 bits per heavy atom. The van der Waals surface area contributed by atoms with Crippen LogP contribution in [0.5, 0.6) is 0 Å². The fraction of sp³-hybridized carbons (Fsp3) is 0.409. The third kappa shape index (κ3) is 3.72. The summed E-state index contributed by atoms with van der Waals surface area (Å²) in [6.07, 6.45) is 6.02. The van der Waals surface area contributed by atoms with Crippen LogP contribution in [0.2, 0.25) is 0 Å². The molecule has 7 heteroatoms. The molecule has 0 saturated carbocycles. The molecular weight excluding hydrogens is 384 g/mol. The third-order valence-corrected chi connectivity index (χ3v) is 6.04. The zero-order valence-electron chi connectivity index (χ0n) is 16.9. The van der Waals surface area contributed by atoms with Gasteiger partial charge in [0.05, 0.1) is 29.9 Å². The van der Waals surface area contributed by atoms with Crippen molar-refractivity contribution in [3.8, 4) is 0 Å². The maximum absolute atomic E-state index is 12.3. The van der Waals surface area contributed by atoms with Gasteiger partial charge in [-0.3, -0.25) is 9.88 Å². The van der Waals surface area contributed by atoms with E-state index in [1.165, 1.54) is 5.56 Å². The number of hydrogen-bond donors (Lipinski definition) is 0. The monoisotopic (exact) mass is 410 g/mol. The average Bonchev–Trinajstić information content (AvgIpc) is 3.31. The van der Waals surface area contributed by atoms with Crippen LogP contribution in [-0.4, -0.2) is 38.1 Å². The first-order valence-corrected chi connectivity index (χ1v) is 10.6. The Bertz CT molecular complexity index is 1070. The molecule has 1 aliphatic heterocycles. The van der Waals surface area contributed by atoms with Crippen LogP contribution < -0.4 is 0 Å². The Morgan fingerprint density at radius 1 is 1.24 bits per heavy atom. The molecule has 2 aromatic heterocycles. The Labute approximate surface area is 175 Å². The molecule has 0 bridgehead atoms. The Kier molecular flexibility index (Phi) is 5.78. The second-order valence-corrected chi connectivity index (χ2v) is 7.64. The van der Waals surface area contributed by atoms with E-state index in [9.17, 15) is 4.79 Å². The number of aromatic nitrogens is 3. The van der Waals surface area contributed by atoms with Crippen LogP contribution in [0.25, 0.3) is 11.0 Å². The van der Waals surface area contributed by atoms with Crippen LogP contribution in [-0.2, 0) is 18.0 Å². The van der Waals surface area contributed by atoms with E-state index in [4.69, 9.17) is 17.0 Å². The Balaban J connectivity index is 1.74. The van der Waals surface area contributed by atoms with Gasteiger partial charge in [0, 0.05) is 31.5 Å². The maximum Gasteiger partial charge on any atom is 0.338 e. The second kappa shape index (κ2) is 8.47. The normalized spacial score (nSPS) is 17.1. The van der Waals surface area contributed by atoms with Crippen molar-refractivity contribution in [3.05, 3.63) is 58.6 Å². The van der Waals surface area contributed by atoms with Gasteiger partial charge in [-0.25, -0.2) is 4.79 Å². The van der Waals surface area contributed by atoms with E-state index in [-0.39, 0.29) is 5.97 Å². The molecule has 0 N–H and O–H groups in total. The fourth-order valence-corrected chi connectivity index (χ4v) is 4.61. The molecule has 1 fully saturated rings. The topological polar surface area (TPSA) is 52.3 Å². The van der Waals surface area contributed by atoms with Crippen LogP contribution in [0.1, 0.15) is 48.7 Å². The van der Waals surface area contributed by atoms with E-state index in [1.807, 2.05) is 43.6 Å². The summed E-state index contributed by atoms with van der Waals surface area (Å²) in [5.41, 5.74) is 3.81. The molecule has 0 radical (unpaired) electrons. The molecule has 1 atom stereocenters. The zero-order chi connectivity index (χ0) is 20.4. The van der Waals surface area contributed by atoms with Gasteiger partial charge in [-0.05, 0) is 68.7 Å². The minimum Gasteiger partial charge on any atom is -0.462 e. The lowest BCUT2D eigenvalue weighted by Gasteiger charge is -2.25. The number of aryl methyl sites for hydroxylation is 1. The number of imidazole rings is 1.